The molecule has 0 aliphatic heterocycles. The number of aliphatic hydroxyl groups excluding tert-OH is 2. The SMILES string of the molecule is CCCCCCCCCCCCCC=CC(O)C(N)CO[P+](=O)NCCO. The lowest BCUT2D eigenvalue weighted by Crippen LogP contribution is -2.37. The molecule has 3 unspecified atom stereocenters. The molecular formula is C20H42N2O4P+. The van der Waals surface area contributed by atoms with E-state index in [1.54, 1.807) is 6.08 Å². The fourth-order valence-corrected chi connectivity index (χ4v) is 3.43. The van der Waals surface area contributed by atoms with Crippen LogP contribution in [-0.4, -0.2) is 42.1 Å². The molecule has 5 N–H and O–H groups in total. The molecule has 0 spiro atoms. The number of unbranched alkanes of at least 4 members (excludes halogenated alkanes) is 11. The van der Waals surface area contributed by atoms with Crippen LogP contribution < -0.4 is 10.8 Å². The van der Waals surface area contributed by atoms with Crippen molar-refractivity contribution >= 4 is 8.18 Å². The van der Waals surface area contributed by atoms with Crippen LogP contribution in [-0.2, 0) is 9.09 Å². The molecule has 0 saturated heterocycles. The maximum Gasteiger partial charge on any atom is 0.613 e. The minimum atomic E-state index is -2.05. The number of allylic oxidation sites excluding steroid dienone is 1. The lowest BCUT2D eigenvalue weighted by atomic mass is 10.0. The average molecular weight is 406 g/mol. The van der Waals surface area contributed by atoms with Crippen molar-refractivity contribution < 1.29 is 19.3 Å². The number of hydrogen-bond acceptors (Lipinski definition) is 5. The zero-order chi connectivity index (χ0) is 20.2. The summed E-state index contributed by atoms with van der Waals surface area (Å²) in [4.78, 5) is 0. The van der Waals surface area contributed by atoms with E-state index in [1.165, 1.54) is 64.2 Å². The molecule has 0 rings (SSSR count). The largest absolute Gasteiger partial charge is 0.613 e. The zero-order valence-corrected chi connectivity index (χ0v) is 18.0. The first kappa shape index (κ1) is 26.6. The van der Waals surface area contributed by atoms with Crippen LogP contribution in [0.3, 0.4) is 0 Å². The van der Waals surface area contributed by atoms with Gasteiger partial charge in [0.1, 0.15) is 6.61 Å². The molecule has 0 heterocycles. The van der Waals surface area contributed by atoms with E-state index in [2.05, 4.69) is 12.0 Å². The molecule has 0 aliphatic rings. The van der Waals surface area contributed by atoms with Gasteiger partial charge in [-0.1, -0.05) is 88.4 Å². The Morgan fingerprint density at radius 2 is 1.59 bits per heavy atom. The average Bonchev–Trinajstić information content (AvgIpc) is 2.67. The smallest absolute Gasteiger partial charge is 0.395 e. The molecule has 0 aliphatic carbocycles. The van der Waals surface area contributed by atoms with Gasteiger partial charge in [-0.2, -0.15) is 0 Å². The molecular weight excluding hydrogens is 363 g/mol. The van der Waals surface area contributed by atoms with Crippen molar-refractivity contribution in [2.75, 3.05) is 19.8 Å². The third-order valence-electron chi connectivity index (χ3n) is 4.48. The van der Waals surface area contributed by atoms with Crippen molar-refractivity contribution in [2.45, 2.75) is 96.1 Å². The summed E-state index contributed by atoms with van der Waals surface area (Å²) in [5.74, 6) is 0. The lowest BCUT2D eigenvalue weighted by molar-refractivity contribution is 0.155. The summed E-state index contributed by atoms with van der Waals surface area (Å²) < 4.78 is 16.4. The molecule has 0 aromatic rings. The Kier molecular flexibility index (Phi) is 20.1. The van der Waals surface area contributed by atoms with Gasteiger partial charge in [0, 0.05) is 0 Å². The molecule has 0 amide bonds. The van der Waals surface area contributed by atoms with Crippen LogP contribution in [0.15, 0.2) is 12.2 Å². The minimum Gasteiger partial charge on any atom is -0.395 e. The number of nitrogens with one attached hydrogen (secondary N) is 1. The van der Waals surface area contributed by atoms with Crippen LogP contribution in [0.2, 0.25) is 0 Å². The fraction of sp³-hybridized carbons (Fsp3) is 0.900. The number of hydrogen-bond donors (Lipinski definition) is 4. The summed E-state index contributed by atoms with van der Waals surface area (Å²) >= 11 is 0. The van der Waals surface area contributed by atoms with Crippen LogP contribution in [0.25, 0.3) is 0 Å². The monoisotopic (exact) mass is 405 g/mol. The van der Waals surface area contributed by atoms with Crippen molar-refractivity contribution in [1.82, 2.24) is 5.09 Å². The predicted octanol–water partition coefficient (Wildman–Crippen LogP) is 4.19. The summed E-state index contributed by atoms with van der Waals surface area (Å²) in [6, 6.07) is -0.617. The standard InChI is InChI=1S/C20H42N2O4P/c1-2-3-4-5-6-7-8-9-10-11-12-13-14-15-20(24)19(21)18-26-27(25)22-16-17-23/h14-15,19-20,23-24H,2-13,16-18,21H2,1H3,(H,22,25)/q+1. The summed E-state index contributed by atoms with van der Waals surface area (Å²) in [6.07, 6.45) is 18.3. The molecule has 160 valence electrons. The van der Waals surface area contributed by atoms with Gasteiger partial charge in [-0.3, -0.25) is 0 Å². The summed E-state index contributed by atoms with van der Waals surface area (Å²) in [5, 5.41) is 21.0. The third kappa shape index (κ3) is 18.8. The second kappa shape index (κ2) is 20.4. The Hall–Kier alpha value is -0.360. The summed E-state index contributed by atoms with van der Waals surface area (Å²) in [7, 11) is -2.05. The van der Waals surface area contributed by atoms with Crippen molar-refractivity contribution in [3.63, 3.8) is 0 Å². The van der Waals surface area contributed by atoms with E-state index >= 15 is 0 Å². The Morgan fingerprint density at radius 3 is 2.15 bits per heavy atom. The predicted molar refractivity (Wildman–Crippen MR) is 113 cm³/mol. The topological polar surface area (TPSA) is 105 Å². The normalized spacial score (nSPS) is 14.6. The molecule has 7 heteroatoms. The van der Waals surface area contributed by atoms with Gasteiger partial charge in [-0.25, -0.2) is 0 Å². The van der Waals surface area contributed by atoms with E-state index in [9.17, 15) is 9.67 Å². The van der Waals surface area contributed by atoms with Gasteiger partial charge < -0.3 is 15.9 Å². The highest BCUT2D eigenvalue weighted by atomic mass is 31.1. The highest BCUT2D eigenvalue weighted by molar-refractivity contribution is 7.36. The Labute approximate surface area is 166 Å². The van der Waals surface area contributed by atoms with Crippen molar-refractivity contribution in [3.8, 4) is 0 Å². The van der Waals surface area contributed by atoms with Gasteiger partial charge in [-0.05, 0) is 17.4 Å². The van der Waals surface area contributed by atoms with Crippen LogP contribution in [0.4, 0.5) is 0 Å². The van der Waals surface area contributed by atoms with E-state index in [0.29, 0.717) is 0 Å². The Balaban J connectivity index is 3.49. The number of aliphatic hydroxyl groups is 2. The third-order valence-corrected chi connectivity index (χ3v) is 5.35. The molecule has 0 fully saturated rings. The van der Waals surface area contributed by atoms with Crippen LogP contribution in [0, 0.1) is 0 Å². The van der Waals surface area contributed by atoms with E-state index in [-0.39, 0.29) is 19.8 Å². The highest BCUT2D eigenvalue weighted by Crippen LogP contribution is 2.16. The van der Waals surface area contributed by atoms with E-state index in [4.69, 9.17) is 15.4 Å². The maximum atomic E-state index is 11.4. The maximum absolute atomic E-state index is 11.4. The molecule has 0 radical (unpaired) electrons. The summed E-state index contributed by atoms with van der Waals surface area (Å²) in [6.45, 7) is 2.34. The fourth-order valence-electron chi connectivity index (χ4n) is 2.74. The molecule has 0 aromatic carbocycles. The van der Waals surface area contributed by atoms with Crippen molar-refractivity contribution in [3.05, 3.63) is 12.2 Å². The van der Waals surface area contributed by atoms with Gasteiger partial charge in [0.05, 0.1) is 25.3 Å². The molecule has 0 saturated carbocycles. The van der Waals surface area contributed by atoms with Crippen LogP contribution >= 0.6 is 8.18 Å². The molecule has 27 heavy (non-hydrogen) atoms. The Bertz CT molecular complexity index is 370. The first-order valence-electron chi connectivity index (χ1n) is 10.7. The van der Waals surface area contributed by atoms with Gasteiger partial charge in [0.25, 0.3) is 0 Å². The first-order valence-corrected chi connectivity index (χ1v) is 11.8. The lowest BCUT2D eigenvalue weighted by Gasteiger charge is -2.12. The van der Waals surface area contributed by atoms with Gasteiger partial charge >= 0.3 is 8.18 Å². The van der Waals surface area contributed by atoms with E-state index in [1.807, 2.05) is 6.08 Å². The van der Waals surface area contributed by atoms with Crippen LogP contribution in [0.1, 0.15) is 84.0 Å². The van der Waals surface area contributed by atoms with Crippen molar-refractivity contribution in [2.24, 2.45) is 5.73 Å². The quantitative estimate of drug-likeness (QED) is 0.138. The molecule has 0 bridgehead atoms. The van der Waals surface area contributed by atoms with E-state index in [0.717, 1.165) is 12.8 Å². The minimum absolute atomic E-state index is 0.00240. The van der Waals surface area contributed by atoms with Gasteiger partial charge in [-0.15, -0.1) is 4.52 Å². The summed E-state index contributed by atoms with van der Waals surface area (Å²) in [5.41, 5.74) is 5.81. The highest BCUT2D eigenvalue weighted by Gasteiger charge is 2.21. The zero-order valence-electron chi connectivity index (χ0n) is 17.2. The molecule has 3 atom stereocenters. The van der Waals surface area contributed by atoms with E-state index < -0.39 is 20.3 Å². The number of rotatable bonds is 20. The van der Waals surface area contributed by atoms with Gasteiger partial charge in [0.2, 0.25) is 0 Å². The molecule has 6 nitrogen and oxygen atoms in total. The van der Waals surface area contributed by atoms with Gasteiger partial charge in [0.15, 0.2) is 0 Å². The number of nitrogens with two attached hydrogens (primary N) is 1. The molecule has 0 aromatic heterocycles. The second-order valence-electron chi connectivity index (χ2n) is 7.09. The van der Waals surface area contributed by atoms with Crippen molar-refractivity contribution in [1.29, 1.82) is 0 Å². The first-order chi connectivity index (χ1) is 13.1. The van der Waals surface area contributed by atoms with Crippen LogP contribution in [0.5, 0.6) is 0 Å². The Morgan fingerprint density at radius 1 is 1.04 bits per heavy atom. The second-order valence-corrected chi connectivity index (χ2v) is 8.18.